The molecule has 0 spiro atoms. The van der Waals surface area contributed by atoms with Crippen molar-refractivity contribution < 1.29 is 69.9 Å². The summed E-state index contributed by atoms with van der Waals surface area (Å²) in [4.78, 5) is 78.3. The molecule has 101 heavy (non-hydrogen) atoms. The number of aromatic nitrogens is 8. The van der Waals surface area contributed by atoms with Crippen LogP contribution in [0.2, 0.25) is 10.0 Å². The van der Waals surface area contributed by atoms with Gasteiger partial charge in [-0.25, -0.2) is 29.1 Å². The fourth-order valence-corrected chi connectivity index (χ4v) is 14.1. The molecule has 4 N–H and O–H groups in total. The number of aromatic amines is 1. The Morgan fingerprint density at radius 2 is 1.15 bits per heavy atom. The number of rotatable bonds is 28. The molecule has 12 rings (SSSR count). The Labute approximate surface area is 591 Å². The number of phosphoric acid groups is 2. The number of nitrogens with zero attached hydrogens (tertiary/aromatic N) is 8. The normalized spacial score (nSPS) is 18.7. The molecule has 2 fully saturated rings. The first kappa shape index (κ1) is 73.3. The van der Waals surface area contributed by atoms with Gasteiger partial charge in [0.1, 0.15) is 71.8 Å². The molecule has 2 unspecified atom stereocenters. The van der Waals surface area contributed by atoms with Gasteiger partial charge < -0.3 is 42.9 Å². The summed E-state index contributed by atoms with van der Waals surface area (Å²) in [6.45, 7) is 12.4. The molecule has 8 atom stereocenters. The number of methoxy groups -OCH3 is 2. The lowest BCUT2D eigenvalue weighted by molar-refractivity contribution is -0.119. The van der Waals surface area contributed by atoms with Crippen molar-refractivity contribution in [2.75, 3.05) is 57.7 Å². The van der Waals surface area contributed by atoms with Gasteiger partial charge >= 0.3 is 15.6 Å². The first-order valence-electron chi connectivity index (χ1n) is 32.4. The molecular formula is C70H75Cl2N11O16P2. The number of benzene rings is 6. The van der Waals surface area contributed by atoms with Crippen LogP contribution in [0, 0.1) is 5.92 Å². The smallest absolute Gasteiger partial charge is 0.497 e. The number of imidazole rings is 2. The summed E-state index contributed by atoms with van der Waals surface area (Å²) in [5.74, 6) is -0.328. The number of carbonyl (C=O) groups excluding carboxylic acids is 2. The molecule has 2 aliphatic rings. The second-order valence-electron chi connectivity index (χ2n) is 23.5. The number of ether oxygens (including phenoxy) is 5. The number of H-pyrrole nitrogens is 1. The summed E-state index contributed by atoms with van der Waals surface area (Å²) in [7, 11) is -7.03. The van der Waals surface area contributed by atoms with E-state index in [0.717, 1.165) is 0 Å². The summed E-state index contributed by atoms with van der Waals surface area (Å²) < 4.78 is 96.1. The van der Waals surface area contributed by atoms with Crippen LogP contribution in [0.25, 0.3) is 22.3 Å². The average Bonchev–Trinajstić information content (AvgIpc) is 1.42. The maximum Gasteiger partial charge on any atom is 0.530 e. The molecule has 4 aromatic heterocycles. The van der Waals surface area contributed by atoms with Crippen molar-refractivity contribution in [1.29, 1.82) is 0 Å². The van der Waals surface area contributed by atoms with Crippen LogP contribution in [0.1, 0.15) is 87.0 Å². The molecule has 2 aliphatic heterocycles. The highest BCUT2D eigenvalue weighted by Gasteiger charge is 2.49. The van der Waals surface area contributed by atoms with Crippen molar-refractivity contribution >= 4 is 84.8 Å². The van der Waals surface area contributed by atoms with Crippen LogP contribution in [0.3, 0.4) is 0 Å². The maximum atomic E-state index is 16.1. The summed E-state index contributed by atoms with van der Waals surface area (Å²) in [5.41, 5.74) is 0.648. The van der Waals surface area contributed by atoms with Gasteiger partial charge in [0.25, 0.3) is 11.5 Å². The highest BCUT2D eigenvalue weighted by Crippen LogP contribution is 2.56. The Balaban J connectivity index is 0.00000139. The van der Waals surface area contributed by atoms with Crippen LogP contribution in [0.4, 0.5) is 11.8 Å². The summed E-state index contributed by atoms with van der Waals surface area (Å²) in [5, 5.41) is 6.07. The number of nitrogens with one attached hydrogen (secondary N) is 3. The van der Waals surface area contributed by atoms with Gasteiger partial charge in [0.15, 0.2) is 28.1 Å². The average molecular weight is 1460 g/mol. The van der Waals surface area contributed by atoms with Gasteiger partial charge in [0, 0.05) is 34.4 Å². The van der Waals surface area contributed by atoms with Gasteiger partial charge in [-0.2, -0.15) is 4.98 Å². The third-order valence-corrected chi connectivity index (χ3v) is 19.7. The van der Waals surface area contributed by atoms with E-state index in [1.807, 2.05) is 78.9 Å². The van der Waals surface area contributed by atoms with Crippen molar-refractivity contribution in [3.05, 3.63) is 219 Å². The van der Waals surface area contributed by atoms with E-state index in [4.69, 9.17) is 69.5 Å². The van der Waals surface area contributed by atoms with Crippen molar-refractivity contribution in [1.82, 2.24) is 43.9 Å². The lowest BCUT2D eigenvalue weighted by atomic mass is 9.80. The number of hydrogen-bond acceptors (Lipinski definition) is 21. The van der Waals surface area contributed by atoms with Gasteiger partial charge in [-0.05, 0) is 121 Å². The molecule has 0 radical (unpaired) electrons. The second-order valence-corrected chi connectivity index (χ2v) is 27.3. The summed E-state index contributed by atoms with van der Waals surface area (Å²) in [6.07, 6.45) is -3.88. The van der Waals surface area contributed by atoms with E-state index in [0.29, 0.717) is 43.8 Å². The standard InChI is InChI=1S/C64H60Cl2N10O16P2.C6H15N/c1-38(2)60(77)73-63-72-59-56(62(79)74-63)70-37-76(59)54-31-49(91-93(80,81)89-47-27-19-43(65)20-28-47)52(88-54)34-86-94(82,90-48-29-21-44(66)22-30-48)92-50-32-53(75-36-69-55-57(67-35-68-58(55)75)71-61(78)39-11-7-5-8-12-39)87-51(50)33-85-64(40-13-9-6-10-14-40,41-15-23-45(83-3)24-16-41)42-17-25-46(84-4)26-18-42;1-4-7(5-2)6-3/h5-30,35-38,49-54H,31-34H2,1-4H3,(H,80,81)(H,67,68,71,78)(H2,72,73,74,77,79);4-6H2,1-3H3/t49-,50-,51+,52+,53+,54+,94?;/m0./s1. The largest absolute Gasteiger partial charge is 0.530 e. The molecular weight excluding hydrogens is 1380 g/mol. The summed E-state index contributed by atoms with van der Waals surface area (Å²) in [6, 6.07) is 44.4. The van der Waals surface area contributed by atoms with E-state index in [2.05, 4.69) is 66.2 Å². The number of amides is 2. The van der Waals surface area contributed by atoms with Gasteiger partial charge in [-0.15, -0.1) is 0 Å². The van der Waals surface area contributed by atoms with Crippen LogP contribution in [0.15, 0.2) is 182 Å². The highest BCUT2D eigenvalue weighted by atomic mass is 35.5. The van der Waals surface area contributed by atoms with Gasteiger partial charge in [-0.1, -0.05) is 131 Å². The molecule has 2 saturated heterocycles. The predicted octanol–water partition coefficient (Wildman–Crippen LogP) is 13.2. The minimum Gasteiger partial charge on any atom is -0.497 e. The van der Waals surface area contributed by atoms with Crippen LogP contribution in [-0.4, -0.2) is 132 Å². The van der Waals surface area contributed by atoms with Gasteiger partial charge in [-0.3, -0.25) is 52.3 Å². The summed E-state index contributed by atoms with van der Waals surface area (Å²) >= 11 is 12.5. The molecule has 10 aromatic rings. The van der Waals surface area contributed by atoms with Crippen molar-refractivity contribution in [2.24, 2.45) is 5.92 Å². The second kappa shape index (κ2) is 32.8. The van der Waals surface area contributed by atoms with Gasteiger partial charge in [0.05, 0.1) is 40.1 Å². The molecule has 31 heteroatoms. The van der Waals surface area contributed by atoms with E-state index in [9.17, 15) is 23.8 Å². The Kier molecular flexibility index (Phi) is 23.8. The topological polar surface area (TPSA) is 315 Å². The predicted molar refractivity (Wildman–Crippen MR) is 377 cm³/mol. The number of carbonyl (C=O) groups is 2. The van der Waals surface area contributed by atoms with Crippen LogP contribution < -0.4 is 34.7 Å². The molecule has 6 heterocycles. The van der Waals surface area contributed by atoms with E-state index in [1.165, 1.54) is 91.7 Å². The molecule has 6 aromatic carbocycles. The minimum atomic E-state index is -5.08. The van der Waals surface area contributed by atoms with Crippen molar-refractivity contribution in [3.63, 3.8) is 0 Å². The molecule has 0 bridgehead atoms. The zero-order valence-corrected chi connectivity index (χ0v) is 59.3. The molecule has 27 nitrogen and oxygen atoms in total. The van der Waals surface area contributed by atoms with Crippen molar-refractivity contribution in [2.45, 2.75) is 89.9 Å². The fraction of sp³-hybridized carbons (Fsp3) is 0.314. The first-order chi connectivity index (χ1) is 48.7. The quantitative estimate of drug-likeness (QED) is 0.0261. The van der Waals surface area contributed by atoms with Crippen LogP contribution in [0.5, 0.6) is 23.0 Å². The van der Waals surface area contributed by atoms with Crippen LogP contribution in [-0.2, 0) is 47.3 Å². The van der Waals surface area contributed by atoms with E-state index in [-0.39, 0.29) is 65.0 Å². The third-order valence-electron chi connectivity index (χ3n) is 16.8. The molecule has 530 valence electrons. The van der Waals surface area contributed by atoms with E-state index < -0.39 is 88.0 Å². The minimum absolute atomic E-state index is 0.0173. The van der Waals surface area contributed by atoms with Crippen molar-refractivity contribution in [3.8, 4) is 23.0 Å². The highest BCUT2D eigenvalue weighted by molar-refractivity contribution is 7.49. The zero-order valence-electron chi connectivity index (χ0n) is 56.0. The number of halogens is 2. The molecule has 2 amide bonds. The maximum absolute atomic E-state index is 16.1. The number of hydrogen-bond donors (Lipinski definition) is 4. The first-order valence-corrected chi connectivity index (χ1v) is 36.1. The number of fused-ring (bicyclic) bond motifs is 2. The monoisotopic (exact) mass is 1460 g/mol. The Hall–Kier alpha value is -8.92. The van der Waals surface area contributed by atoms with Gasteiger partial charge in [0.2, 0.25) is 11.9 Å². The SMILES string of the molecule is CCN(CC)CC.COc1ccc(C(OC[C@H]2O[C@@H](n3cnc4c(NC(=O)c5ccccc5)ncnc43)C[C@@H]2OP(=O)(OC[C@H]2O[C@@H](n3cnc4c(=O)[nH]c(NC(=O)C(C)C)nc43)C[C@@H]2OP(=O)(O)Oc2ccc(Cl)cc2)Oc2ccc(Cl)cc2)(c2ccccc2)c2ccc(OC)cc2)cc1. The Bertz CT molecular complexity index is 4550. The lowest BCUT2D eigenvalue weighted by Crippen LogP contribution is -2.38. The Morgan fingerprint density at radius 1 is 0.644 bits per heavy atom. The Morgan fingerprint density at radius 3 is 1.69 bits per heavy atom. The van der Waals surface area contributed by atoms with E-state index in [1.54, 1.807) is 63.0 Å². The third kappa shape index (κ3) is 17.5. The molecule has 0 saturated carbocycles. The fourth-order valence-electron chi connectivity index (χ4n) is 11.5. The lowest BCUT2D eigenvalue weighted by Gasteiger charge is -2.37. The molecule has 0 aliphatic carbocycles. The number of anilines is 2. The van der Waals surface area contributed by atoms with Crippen LogP contribution >= 0.6 is 38.8 Å². The zero-order chi connectivity index (χ0) is 71.4. The van der Waals surface area contributed by atoms with E-state index >= 15 is 4.57 Å². The number of phosphoric ester groups is 2.